The van der Waals surface area contributed by atoms with E-state index in [0.29, 0.717) is 5.69 Å². The normalized spacial score (nSPS) is 11.5. The van der Waals surface area contributed by atoms with Gasteiger partial charge in [0.15, 0.2) is 0 Å². The minimum absolute atomic E-state index is 0.0464. The summed E-state index contributed by atoms with van der Waals surface area (Å²) < 4.78 is 27.6. The van der Waals surface area contributed by atoms with Crippen LogP contribution >= 0.6 is 22.9 Å². The van der Waals surface area contributed by atoms with Crippen LogP contribution in [-0.4, -0.2) is 20.9 Å². The van der Waals surface area contributed by atoms with E-state index in [1.807, 2.05) is 23.6 Å². The number of benzene rings is 2. The number of hydrogen-bond acceptors (Lipinski definition) is 4. The maximum absolute atomic E-state index is 13.2. The predicted molar refractivity (Wildman–Crippen MR) is 120 cm³/mol. The first-order valence-electron chi connectivity index (χ1n) is 8.81. The molecule has 1 heterocycles. The molecule has 0 fully saturated rings. The molecular formula is C21H19ClN2O3S2. The first-order chi connectivity index (χ1) is 13.9. The molecule has 0 aliphatic heterocycles. The number of para-hydroxylation sites is 1. The van der Waals surface area contributed by atoms with Gasteiger partial charge in [-0.15, -0.1) is 11.3 Å². The van der Waals surface area contributed by atoms with Crippen molar-refractivity contribution in [3.63, 3.8) is 0 Å². The van der Waals surface area contributed by atoms with Crippen molar-refractivity contribution in [2.75, 3.05) is 16.2 Å². The monoisotopic (exact) mass is 446 g/mol. The molecule has 150 valence electrons. The van der Waals surface area contributed by atoms with E-state index in [-0.39, 0.29) is 22.2 Å². The van der Waals surface area contributed by atoms with Gasteiger partial charge in [-0.25, -0.2) is 8.42 Å². The minimum atomic E-state index is -3.82. The summed E-state index contributed by atoms with van der Waals surface area (Å²) in [4.78, 5) is 13.2. The van der Waals surface area contributed by atoms with Crippen molar-refractivity contribution in [1.29, 1.82) is 0 Å². The molecule has 3 rings (SSSR count). The Morgan fingerprint density at radius 3 is 2.55 bits per heavy atom. The van der Waals surface area contributed by atoms with Crippen LogP contribution in [0.25, 0.3) is 6.08 Å². The summed E-state index contributed by atoms with van der Waals surface area (Å²) in [5, 5.41) is 4.81. The van der Waals surface area contributed by atoms with Crippen LogP contribution < -0.4 is 9.62 Å². The molecule has 5 nitrogen and oxygen atoms in total. The Hall–Kier alpha value is -2.61. The number of halogens is 1. The number of hydrogen-bond donors (Lipinski definition) is 1. The second-order valence-corrected chi connectivity index (χ2v) is 9.23. The average molecular weight is 447 g/mol. The van der Waals surface area contributed by atoms with Gasteiger partial charge < -0.3 is 5.32 Å². The van der Waals surface area contributed by atoms with Gasteiger partial charge in [-0.3, -0.25) is 9.10 Å². The molecule has 0 saturated carbocycles. The zero-order valence-corrected chi connectivity index (χ0v) is 18.0. The average Bonchev–Trinajstić information content (AvgIpc) is 3.23. The molecule has 0 saturated heterocycles. The van der Waals surface area contributed by atoms with Crippen LogP contribution in [-0.2, 0) is 14.8 Å². The number of sulfonamides is 1. The summed E-state index contributed by atoms with van der Waals surface area (Å²) in [6.07, 6.45) is 3.06. The molecule has 0 aliphatic carbocycles. The van der Waals surface area contributed by atoms with Gasteiger partial charge in [0, 0.05) is 17.5 Å². The standard InChI is InChI=1S/C21H19ClN2O3S2/c1-2-24(16-7-4-3-5-8-16)29(26,27)18-11-12-19(22)20(15-18)23-21(25)13-10-17-9-6-14-28-17/h3-15H,2H2,1H3,(H,23,25)/b13-10+. The molecule has 0 bridgehead atoms. The molecule has 3 aromatic rings. The van der Waals surface area contributed by atoms with Gasteiger partial charge in [0.2, 0.25) is 5.91 Å². The lowest BCUT2D eigenvalue weighted by atomic mass is 10.3. The molecule has 0 unspecified atom stereocenters. The molecule has 0 radical (unpaired) electrons. The van der Waals surface area contributed by atoms with Crippen LogP contribution in [0.15, 0.2) is 77.0 Å². The maximum Gasteiger partial charge on any atom is 0.264 e. The summed E-state index contributed by atoms with van der Waals surface area (Å²) >= 11 is 7.68. The quantitative estimate of drug-likeness (QED) is 0.503. The van der Waals surface area contributed by atoms with Gasteiger partial charge in [-0.2, -0.15) is 0 Å². The van der Waals surface area contributed by atoms with E-state index in [0.717, 1.165) is 4.88 Å². The molecule has 8 heteroatoms. The van der Waals surface area contributed by atoms with Crippen LogP contribution in [0.2, 0.25) is 5.02 Å². The van der Waals surface area contributed by atoms with Crippen LogP contribution in [0.4, 0.5) is 11.4 Å². The second-order valence-electron chi connectivity index (χ2n) is 5.98. The number of anilines is 2. The summed E-state index contributed by atoms with van der Waals surface area (Å²) in [6, 6.07) is 16.9. The molecule has 0 aliphatic rings. The summed E-state index contributed by atoms with van der Waals surface area (Å²) in [6.45, 7) is 2.03. The lowest BCUT2D eigenvalue weighted by Crippen LogP contribution is -2.30. The third kappa shape index (κ3) is 5.06. The van der Waals surface area contributed by atoms with Gasteiger partial charge in [0.25, 0.3) is 10.0 Å². The molecule has 0 atom stereocenters. The molecule has 1 amide bonds. The number of nitrogens with zero attached hydrogens (tertiary/aromatic N) is 1. The Morgan fingerprint density at radius 1 is 1.14 bits per heavy atom. The lowest BCUT2D eigenvalue weighted by molar-refractivity contribution is -0.111. The summed E-state index contributed by atoms with van der Waals surface area (Å²) in [5.41, 5.74) is 0.798. The second kappa shape index (κ2) is 9.26. The largest absolute Gasteiger partial charge is 0.321 e. The van der Waals surface area contributed by atoms with E-state index in [9.17, 15) is 13.2 Å². The summed E-state index contributed by atoms with van der Waals surface area (Å²) in [5.74, 6) is -0.398. The van der Waals surface area contributed by atoms with Crippen LogP contribution in [0.1, 0.15) is 11.8 Å². The van der Waals surface area contributed by atoms with E-state index in [1.165, 1.54) is 39.9 Å². The highest BCUT2D eigenvalue weighted by Gasteiger charge is 2.24. The van der Waals surface area contributed by atoms with Crippen molar-refractivity contribution in [3.05, 3.63) is 82.0 Å². The van der Waals surface area contributed by atoms with Crippen molar-refractivity contribution in [3.8, 4) is 0 Å². The SMILES string of the molecule is CCN(c1ccccc1)S(=O)(=O)c1ccc(Cl)c(NC(=O)/C=C/c2cccs2)c1. The zero-order valence-electron chi connectivity index (χ0n) is 15.6. The van der Waals surface area contributed by atoms with Crippen molar-refractivity contribution in [2.45, 2.75) is 11.8 Å². The maximum atomic E-state index is 13.2. The van der Waals surface area contributed by atoms with Crippen molar-refractivity contribution in [2.24, 2.45) is 0 Å². The minimum Gasteiger partial charge on any atom is -0.321 e. The van der Waals surface area contributed by atoms with Gasteiger partial charge in [0.05, 0.1) is 21.3 Å². The van der Waals surface area contributed by atoms with Crippen molar-refractivity contribution in [1.82, 2.24) is 0 Å². The third-order valence-electron chi connectivity index (χ3n) is 4.06. The zero-order chi connectivity index (χ0) is 20.9. The van der Waals surface area contributed by atoms with Gasteiger partial charge >= 0.3 is 0 Å². The van der Waals surface area contributed by atoms with Crippen LogP contribution in [0.5, 0.6) is 0 Å². The first kappa shape index (κ1) is 21.1. The Morgan fingerprint density at radius 2 is 1.90 bits per heavy atom. The van der Waals surface area contributed by atoms with E-state index in [4.69, 9.17) is 11.6 Å². The molecule has 29 heavy (non-hydrogen) atoms. The Balaban J connectivity index is 1.86. The highest BCUT2D eigenvalue weighted by Crippen LogP contribution is 2.29. The van der Waals surface area contributed by atoms with Crippen molar-refractivity contribution < 1.29 is 13.2 Å². The lowest BCUT2D eigenvalue weighted by Gasteiger charge is -2.23. The third-order valence-corrected chi connectivity index (χ3v) is 7.12. The van der Waals surface area contributed by atoms with Crippen molar-refractivity contribution >= 4 is 56.3 Å². The van der Waals surface area contributed by atoms with E-state index < -0.39 is 15.9 Å². The number of thiophene rings is 1. The number of carbonyl (C=O) groups excluding carboxylic acids is 1. The van der Waals surface area contributed by atoms with Crippen LogP contribution in [0, 0.1) is 0 Å². The number of nitrogens with one attached hydrogen (secondary N) is 1. The predicted octanol–water partition coefficient (Wildman–Crippen LogP) is 5.27. The molecule has 1 N–H and O–H groups in total. The highest BCUT2D eigenvalue weighted by atomic mass is 35.5. The van der Waals surface area contributed by atoms with Gasteiger partial charge in [0.1, 0.15) is 0 Å². The van der Waals surface area contributed by atoms with E-state index in [2.05, 4.69) is 5.32 Å². The number of rotatable bonds is 7. The Bertz CT molecular complexity index is 1110. The smallest absolute Gasteiger partial charge is 0.264 e. The topological polar surface area (TPSA) is 66.5 Å². The van der Waals surface area contributed by atoms with E-state index >= 15 is 0 Å². The fraction of sp³-hybridized carbons (Fsp3) is 0.0952. The number of carbonyl (C=O) groups is 1. The van der Waals surface area contributed by atoms with E-state index in [1.54, 1.807) is 37.3 Å². The first-order valence-corrected chi connectivity index (χ1v) is 11.5. The number of amides is 1. The fourth-order valence-corrected chi connectivity index (χ4v) is 4.98. The van der Waals surface area contributed by atoms with Gasteiger partial charge in [-0.05, 0) is 54.8 Å². The van der Waals surface area contributed by atoms with Gasteiger partial charge in [-0.1, -0.05) is 35.9 Å². The molecule has 0 spiro atoms. The fourth-order valence-electron chi connectivity index (χ4n) is 2.69. The molecule has 2 aromatic carbocycles. The Kier molecular flexibility index (Phi) is 6.74. The summed E-state index contributed by atoms with van der Waals surface area (Å²) in [7, 11) is -3.82. The highest BCUT2D eigenvalue weighted by molar-refractivity contribution is 7.92. The van der Waals surface area contributed by atoms with Crippen LogP contribution in [0.3, 0.4) is 0 Å². The molecule has 1 aromatic heterocycles. The Labute approximate surface area is 179 Å². The molecular weight excluding hydrogens is 428 g/mol.